The molecule has 5 nitrogen and oxygen atoms in total. The third-order valence-electron chi connectivity index (χ3n) is 5.05. The Balaban J connectivity index is 0.00000272. The molecule has 5 heteroatoms. The molecule has 4 rings (SSSR count). The van der Waals surface area contributed by atoms with Crippen LogP contribution in [0.5, 0.6) is 0 Å². The van der Waals surface area contributed by atoms with Gasteiger partial charge in [-0.3, -0.25) is 14.6 Å². The van der Waals surface area contributed by atoms with E-state index in [1.165, 1.54) is 11.1 Å². The molecule has 0 aliphatic rings. The molecule has 0 unspecified atom stereocenters. The number of H-pyrrole nitrogens is 1. The van der Waals surface area contributed by atoms with E-state index >= 15 is 0 Å². The molecule has 3 aromatic carbocycles. The van der Waals surface area contributed by atoms with Crippen LogP contribution in [0, 0.1) is 6.92 Å². The lowest BCUT2D eigenvalue weighted by Crippen LogP contribution is -2.16. The van der Waals surface area contributed by atoms with Gasteiger partial charge in [-0.2, -0.15) is 0 Å². The molecule has 160 valence electrons. The first kappa shape index (κ1) is 22.1. The number of hydrogen-bond acceptors (Lipinski definition) is 3. The van der Waals surface area contributed by atoms with Gasteiger partial charge in [-0.25, -0.2) is 0 Å². The highest BCUT2D eigenvalue weighted by Crippen LogP contribution is 2.19. The first-order chi connectivity index (χ1) is 14.7. The fourth-order valence-electron chi connectivity index (χ4n) is 3.43. The van der Waals surface area contributed by atoms with Crippen molar-refractivity contribution >= 4 is 11.4 Å². The zero-order valence-electron chi connectivity index (χ0n) is 17.1. The van der Waals surface area contributed by atoms with Crippen molar-refractivity contribution < 1.29 is 0 Å². The van der Waals surface area contributed by atoms with Gasteiger partial charge in [0.2, 0.25) is 0 Å². The first-order valence-electron chi connectivity index (χ1n) is 10.2. The highest BCUT2D eigenvalue weighted by molar-refractivity contribution is 5.61. The van der Waals surface area contributed by atoms with Gasteiger partial charge in [0.15, 0.2) is 0 Å². The van der Waals surface area contributed by atoms with Crippen molar-refractivity contribution in [3.8, 4) is 5.69 Å². The maximum absolute atomic E-state index is 11.5. The molecule has 0 fully saturated rings. The predicted molar refractivity (Wildman–Crippen MR) is 129 cm³/mol. The van der Waals surface area contributed by atoms with Crippen LogP contribution in [0.3, 0.4) is 0 Å². The maximum Gasteiger partial charge on any atom is 0.264 e. The van der Waals surface area contributed by atoms with Crippen LogP contribution in [0.4, 0.5) is 11.4 Å². The van der Waals surface area contributed by atoms with Gasteiger partial charge in [0.1, 0.15) is 0 Å². The van der Waals surface area contributed by atoms with Crippen LogP contribution >= 0.6 is 0 Å². The maximum atomic E-state index is 11.5. The van der Waals surface area contributed by atoms with Crippen molar-refractivity contribution in [2.45, 2.75) is 27.3 Å². The van der Waals surface area contributed by atoms with Gasteiger partial charge >= 0.3 is 0 Å². The van der Waals surface area contributed by atoms with Crippen molar-refractivity contribution in [3.05, 3.63) is 112 Å². The van der Waals surface area contributed by atoms with E-state index in [1.807, 2.05) is 37.3 Å². The molecular formula is C26H30N4O. The number of aromatic nitrogens is 2. The number of aromatic amines is 1. The second-order valence-corrected chi connectivity index (χ2v) is 7.38. The molecular weight excluding hydrogens is 384 g/mol. The molecule has 0 atom stereocenters. The van der Waals surface area contributed by atoms with Gasteiger partial charge in [0.25, 0.3) is 5.56 Å². The molecule has 0 spiro atoms. The zero-order chi connectivity index (χ0) is 20.8. The highest BCUT2D eigenvalue weighted by Gasteiger charge is 2.03. The van der Waals surface area contributed by atoms with Crippen LogP contribution in [-0.2, 0) is 13.0 Å². The highest BCUT2D eigenvalue weighted by atomic mass is 16.1. The van der Waals surface area contributed by atoms with Crippen molar-refractivity contribution in [2.24, 2.45) is 0 Å². The predicted octanol–water partition coefficient (Wildman–Crippen LogP) is 5.19. The average molecular weight is 415 g/mol. The molecule has 1 heterocycles. The number of rotatable bonds is 8. The van der Waals surface area contributed by atoms with Gasteiger partial charge < -0.3 is 10.6 Å². The number of nitrogens with one attached hydrogen (secondary N) is 3. The van der Waals surface area contributed by atoms with Crippen molar-refractivity contribution in [1.29, 1.82) is 0 Å². The Hall–Kier alpha value is -3.57. The number of anilines is 2. The lowest BCUT2D eigenvalue weighted by molar-refractivity contribution is 0.687. The summed E-state index contributed by atoms with van der Waals surface area (Å²) in [5.41, 5.74) is 6.39. The Morgan fingerprint density at radius 3 is 2.10 bits per heavy atom. The quantitative estimate of drug-likeness (QED) is 0.348. The van der Waals surface area contributed by atoms with E-state index in [-0.39, 0.29) is 13.0 Å². The zero-order valence-corrected chi connectivity index (χ0v) is 17.1. The molecule has 3 N–H and O–H groups in total. The number of hydrogen-bond donors (Lipinski definition) is 3. The first-order valence-corrected chi connectivity index (χ1v) is 10.2. The monoisotopic (exact) mass is 414 g/mol. The van der Waals surface area contributed by atoms with E-state index in [1.54, 1.807) is 10.7 Å². The summed E-state index contributed by atoms with van der Waals surface area (Å²) >= 11 is 0. The lowest BCUT2D eigenvalue weighted by atomic mass is 10.1. The summed E-state index contributed by atoms with van der Waals surface area (Å²) in [4.78, 5) is 11.5. The van der Waals surface area contributed by atoms with Crippen molar-refractivity contribution in [1.82, 2.24) is 15.1 Å². The topological polar surface area (TPSA) is 61.9 Å². The Bertz CT molecular complexity index is 1130. The van der Waals surface area contributed by atoms with Gasteiger partial charge in [0, 0.05) is 29.7 Å². The summed E-state index contributed by atoms with van der Waals surface area (Å²) in [6.07, 6.45) is 0.996. The number of benzene rings is 3. The van der Waals surface area contributed by atoms with Gasteiger partial charge in [-0.1, -0.05) is 49.9 Å². The molecule has 4 aromatic rings. The minimum absolute atomic E-state index is 0. The molecule has 0 saturated carbocycles. The standard InChI is InChI=1S/C25H26N4O.CH4/c1-19-17-25(30)28-29(19)24-13-11-23(12-14-24)27-22-9-7-20(8-10-22)15-16-26-18-21-5-3-2-4-6-21;/h2-14,17,26-27H,15-16,18H2,1H3,(H,28,30);1H4. The van der Waals surface area contributed by atoms with E-state index in [2.05, 4.69) is 64.3 Å². The third kappa shape index (κ3) is 5.96. The molecule has 0 aliphatic heterocycles. The Morgan fingerprint density at radius 2 is 1.48 bits per heavy atom. The van der Waals surface area contributed by atoms with Crippen LogP contribution in [-0.4, -0.2) is 16.3 Å². The minimum Gasteiger partial charge on any atom is -0.356 e. The molecule has 0 radical (unpaired) electrons. The molecule has 31 heavy (non-hydrogen) atoms. The molecule has 1 aromatic heterocycles. The second-order valence-electron chi connectivity index (χ2n) is 7.38. The molecule has 0 aliphatic carbocycles. The van der Waals surface area contributed by atoms with Crippen LogP contribution < -0.4 is 16.2 Å². The summed E-state index contributed by atoms with van der Waals surface area (Å²) < 4.78 is 1.78. The van der Waals surface area contributed by atoms with Gasteiger partial charge in [0.05, 0.1) is 5.69 Å². The summed E-state index contributed by atoms with van der Waals surface area (Å²) in [5, 5.41) is 9.71. The SMILES string of the molecule is C.Cc1cc(=O)[nH]n1-c1ccc(Nc2ccc(CCNCc3ccccc3)cc2)cc1. The minimum atomic E-state index is -0.0925. The fourth-order valence-corrected chi connectivity index (χ4v) is 3.43. The second kappa shape index (κ2) is 10.5. The smallest absolute Gasteiger partial charge is 0.264 e. The lowest BCUT2D eigenvalue weighted by Gasteiger charge is -2.10. The van der Waals surface area contributed by atoms with Gasteiger partial charge in [-0.05, 0) is 67.4 Å². The van der Waals surface area contributed by atoms with Crippen LogP contribution in [0.2, 0.25) is 0 Å². The Morgan fingerprint density at radius 1 is 0.839 bits per heavy atom. The van der Waals surface area contributed by atoms with Crippen molar-refractivity contribution in [2.75, 3.05) is 11.9 Å². The van der Waals surface area contributed by atoms with Crippen molar-refractivity contribution in [3.63, 3.8) is 0 Å². The summed E-state index contributed by atoms with van der Waals surface area (Å²) in [6, 6.07) is 28.6. The Kier molecular flexibility index (Phi) is 7.46. The normalized spacial score (nSPS) is 10.5. The average Bonchev–Trinajstić information content (AvgIpc) is 3.11. The third-order valence-corrected chi connectivity index (χ3v) is 5.05. The van der Waals surface area contributed by atoms with Crippen LogP contribution in [0.15, 0.2) is 89.7 Å². The largest absolute Gasteiger partial charge is 0.356 e. The van der Waals surface area contributed by atoms with Crippen LogP contribution in [0.1, 0.15) is 24.2 Å². The molecule has 0 bridgehead atoms. The van der Waals surface area contributed by atoms with Gasteiger partial charge in [-0.15, -0.1) is 0 Å². The Labute approximate surface area is 183 Å². The van der Waals surface area contributed by atoms with E-state index in [9.17, 15) is 4.79 Å². The number of aryl methyl sites for hydroxylation is 1. The van der Waals surface area contributed by atoms with Crippen LogP contribution in [0.25, 0.3) is 5.69 Å². The summed E-state index contributed by atoms with van der Waals surface area (Å²) in [6.45, 7) is 3.75. The summed E-state index contributed by atoms with van der Waals surface area (Å²) in [5.74, 6) is 0. The molecule has 0 amide bonds. The number of nitrogens with zero attached hydrogens (tertiary/aromatic N) is 1. The van der Waals surface area contributed by atoms with E-state index < -0.39 is 0 Å². The molecule has 0 saturated heterocycles. The fraction of sp³-hybridized carbons (Fsp3) is 0.192. The van der Waals surface area contributed by atoms with E-state index in [0.717, 1.165) is 42.3 Å². The van der Waals surface area contributed by atoms with E-state index in [4.69, 9.17) is 0 Å². The summed E-state index contributed by atoms with van der Waals surface area (Å²) in [7, 11) is 0. The van der Waals surface area contributed by atoms with E-state index in [0.29, 0.717) is 0 Å².